The number of nitrogens with two attached hydrogens (primary N) is 1. The number of methoxy groups -OCH3 is 1. The zero-order valence-electron chi connectivity index (χ0n) is 12.6. The summed E-state index contributed by atoms with van der Waals surface area (Å²) >= 11 is 0. The maximum atomic E-state index is 12.5. The van der Waals surface area contributed by atoms with Crippen LogP contribution >= 0.6 is 0 Å². The van der Waals surface area contributed by atoms with Crippen molar-refractivity contribution in [3.8, 4) is 0 Å². The molecule has 0 bridgehead atoms. The van der Waals surface area contributed by atoms with Gasteiger partial charge in [-0.15, -0.1) is 0 Å². The van der Waals surface area contributed by atoms with Gasteiger partial charge < -0.3 is 20.3 Å². The quantitative estimate of drug-likeness (QED) is 0.776. The Bertz CT molecular complexity index is 413. The largest absolute Gasteiger partial charge is 0.383 e. The van der Waals surface area contributed by atoms with Gasteiger partial charge in [-0.2, -0.15) is 0 Å². The smallest absolute Gasteiger partial charge is 0.254 e. The molecular weight excluding hydrogens is 254 g/mol. The average Bonchev–Trinajstić information content (AvgIpc) is 2.47. The SMILES string of the molecule is COCCN(CCCN)C(=O)c1cccc(N(C)C)c1. The van der Waals surface area contributed by atoms with Gasteiger partial charge >= 0.3 is 0 Å². The molecule has 112 valence electrons. The number of amides is 1. The van der Waals surface area contributed by atoms with Crippen molar-refractivity contribution in [2.75, 3.05) is 52.3 Å². The Labute approximate surface area is 121 Å². The van der Waals surface area contributed by atoms with E-state index < -0.39 is 0 Å². The number of anilines is 1. The van der Waals surface area contributed by atoms with E-state index in [-0.39, 0.29) is 5.91 Å². The van der Waals surface area contributed by atoms with E-state index in [0.717, 1.165) is 12.1 Å². The molecule has 20 heavy (non-hydrogen) atoms. The molecule has 1 aromatic rings. The molecule has 0 saturated carbocycles. The van der Waals surface area contributed by atoms with Crippen molar-refractivity contribution >= 4 is 11.6 Å². The first-order valence-electron chi connectivity index (χ1n) is 6.85. The van der Waals surface area contributed by atoms with Gasteiger partial charge in [-0.25, -0.2) is 0 Å². The number of carbonyl (C=O) groups is 1. The van der Waals surface area contributed by atoms with E-state index >= 15 is 0 Å². The first kappa shape index (κ1) is 16.5. The van der Waals surface area contributed by atoms with E-state index in [0.29, 0.717) is 31.8 Å². The van der Waals surface area contributed by atoms with Gasteiger partial charge in [0.2, 0.25) is 0 Å². The van der Waals surface area contributed by atoms with Crippen molar-refractivity contribution in [1.29, 1.82) is 0 Å². The summed E-state index contributed by atoms with van der Waals surface area (Å²) in [5, 5.41) is 0. The van der Waals surface area contributed by atoms with E-state index in [1.54, 1.807) is 12.0 Å². The van der Waals surface area contributed by atoms with Gasteiger partial charge in [-0.1, -0.05) is 6.07 Å². The van der Waals surface area contributed by atoms with E-state index in [2.05, 4.69) is 0 Å². The van der Waals surface area contributed by atoms with E-state index in [1.807, 2.05) is 43.3 Å². The van der Waals surface area contributed by atoms with Gasteiger partial charge in [-0.3, -0.25) is 4.79 Å². The lowest BCUT2D eigenvalue weighted by molar-refractivity contribution is 0.0694. The number of hydrogen-bond donors (Lipinski definition) is 1. The maximum absolute atomic E-state index is 12.5. The van der Waals surface area contributed by atoms with Crippen LogP contribution in [0.25, 0.3) is 0 Å². The normalized spacial score (nSPS) is 10.4. The average molecular weight is 279 g/mol. The lowest BCUT2D eigenvalue weighted by Crippen LogP contribution is -2.35. The third-order valence-corrected chi connectivity index (χ3v) is 3.09. The molecular formula is C15H25N3O2. The van der Waals surface area contributed by atoms with Crippen molar-refractivity contribution in [3.05, 3.63) is 29.8 Å². The molecule has 0 radical (unpaired) electrons. The van der Waals surface area contributed by atoms with Gasteiger partial charge in [0.1, 0.15) is 0 Å². The third-order valence-electron chi connectivity index (χ3n) is 3.09. The predicted molar refractivity (Wildman–Crippen MR) is 82.2 cm³/mol. The summed E-state index contributed by atoms with van der Waals surface area (Å²) in [7, 11) is 5.56. The molecule has 1 aromatic carbocycles. The number of carbonyl (C=O) groups excluding carboxylic acids is 1. The molecule has 0 heterocycles. The van der Waals surface area contributed by atoms with Gasteiger partial charge in [0, 0.05) is 45.5 Å². The molecule has 0 atom stereocenters. The second-order valence-electron chi connectivity index (χ2n) is 4.87. The first-order chi connectivity index (χ1) is 9.60. The van der Waals surface area contributed by atoms with Gasteiger partial charge in [0.15, 0.2) is 0 Å². The second-order valence-corrected chi connectivity index (χ2v) is 4.87. The summed E-state index contributed by atoms with van der Waals surface area (Å²) in [6, 6.07) is 7.64. The van der Waals surface area contributed by atoms with Crippen molar-refractivity contribution in [2.24, 2.45) is 5.73 Å². The molecule has 0 aliphatic carbocycles. The van der Waals surface area contributed by atoms with Crippen molar-refractivity contribution in [1.82, 2.24) is 4.90 Å². The minimum atomic E-state index is 0.0270. The Morgan fingerprint density at radius 2 is 2.05 bits per heavy atom. The Kier molecular flexibility index (Phi) is 7.04. The van der Waals surface area contributed by atoms with Crippen LogP contribution in [0.5, 0.6) is 0 Å². The van der Waals surface area contributed by atoms with Crippen molar-refractivity contribution in [3.63, 3.8) is 0 Å². The van der Waals surface area contributed by atoms with Crippen LogP contribution in [0.15, 0.2) is 24.3 Å². The summed E-state index contributed by atoms with van der Waals surface area (Å²) < 4.78 is 5.07. The molecule has 0 saturated heterocycles. The molecule has 2 N–H and O–H groups in total. The Balaban J connectivity index is 2.84. The lowest BCUT2D eigenvalue weighted by Gasteiger charge is -2.23. The Morgan fingerprint density at radius 1 is 1.30 bits per heavy atom. The molecule has 0 aliphatic rings. The van der Waals surface area contributed by atoms with E-state index in [4.69, 9.17) is 10.5 Å². The highest BCUT2D eigenvalue weighted by molar-refractivity contribution is 5.95. The van der Waals surface area contributed by atoms with Crippen LogP contribution in [-0.2, 0) is 4.74 Å². The molecule has 1 amide bonds. The number of nitrogens with zero attached hydrogens (tertiary/aromatic N) is 2. The summed E-state index contributed by atoms with van der Waals surface area (Å²) in [6.45, 7) is 2.35. The second kappa shape index (κ2) is 8.55. The zero-order valence-corrected chi connectivity index (χ0v) is 12.6. The highest BCUT2D eigenvalue weighted by Gasteiger charge is 2.15. The minimum absolute atomic E-state index is 0.0270. The highest BCUT2D eigenvalue weighted by atomic mass is 16.5. The topological polar surface area (TPSA) is 58.8 Å². The van der Waals surface area contributed by atoms with Crippen LogP contribution in [0.4, 0.5) is 5.69 Å². The summed E-state index contributed by atoms with van der Waals surface area (Å²) in [5.74, 6) is 0.0270. The molecule has 0 aromatic heterocycles. The maximum Gasteiger partial charge on any atom is 0.254 e. The molecule has 0 unspecified atom stereocenters. The number of rotatable bonds is 8. The van der Waals surface area contributed by atoms with E-state index in [1.165, 1.54) is 0 Å². The zero-order chi connectivity index (χ0) is 15.0. The van der Waals surface area contributed by atoms with Crippen LogP contribution in [0.1, 0.15) is 16.8 Å². The summed E-state index contributed by atoms with van der Waals surface area (Å²) in [5.41, 5.74) is 7.25. The molecule has 0 spiro atoms. The highest BCUT2D eigenvalue weighted by Crippen LogP contribution is 2.15. The van der Waals surface area contributed by atoms with Gasteiger partial charge in [0.25, 0.3) is 5.91 Å². The lowest BCUT2D eigenvalue weighted by atomic mass is 10.1. The molecule has 5 nitrogen and oxygen atoms in total. The molecule has 0 aliphatic heterocycles. The number of hydrogen-bond acceptors (Lipinski definition) is 4. The molecule has 0 fully saturated rings. The molecule has 1 rings (SSSR count). The van der Waals surface area contributed by atoms with Crippen LogP contribution in [0.3, 0.4) is 0 Å². The predicted octanol–water partition coefficient (Wildman–Crippen LogP) is 1.19. The Morgan fingerprint density at radius 3 is 2.65 bits per heavy atom. The third kappa shape index (κ3) is 4.83. The monoisotopic (exact) mass is 279 g/mol. The van der Waals surface area contributed by atoms with Gasteiger partial charge in [0.05, 0.1) is 6.61 Å². The fourth-order valence-electron chi connectivity index (χ4n) is 1.90. The van der Waals surface area contributed by atoms with Crippen molar-refractivity contribution < 1.29 is 9.53 Å². The van der Waals surface area contributed by atoms with Gasteiger partial charge in [-0.05, 0) is 31.2 Å². The first-order valence-corrected chi connectivity index (χ1v) is 6.85. The minimum Gasteiger partial charge on any atom is -0.383 e. The van der Waals surface area contributed by atoms with Crippen LogP contribution in [0.2, 0.25) is 0 Å². The van der Waals surface area contributed by atoms with Crippen LogP contribution in [-0.4, -0.2) is 58.3 Å². The Hall–Kier alpha value is -1.59. The van der Waals surface area contributed by atoms with E-state index in [9.17, 15) is 4.79 Å². The number of ether oxygens (including phenoxy) is 1. The summed E-state index contributed by atoms with van der Waals surface area (Å²) in [6.07, 6.45) is 0.794. The van der Waals surface area contributed by atoms with Crippen LogP contribution in [0, 0.1) is 0 Å². The standard InChI is InChI=1S/C15H25N3O2/c1-17(2)14-7-4-6-13(12-14)15(19)18(9-5-8-16)10-11-20-3/h4,6-7,12H,5,8-11,16H2,1-3H3. The number of benzene rings is 1. The fourth-order valence-corrected chi connectivity index (χ4v) is 1.90. The van der Waals surface area contributed by atoms with Crippen molar-refractivity contribution in [2.45, 2.75) is 6.42 Å². The summed E-state index contributed by atoms with van der Waals surface area (Å²) in [4.78, 5) is 16.3. The molecule has 5 heteroatoms. The van der Waals surface area contributed by atoms with Crippen LogP contribution < -0.4 is 10.6 Å². The fraction of sp³-hybridized carbons (Fsp3) is 0.533.